The lowest BCUT2D eigenvalue weighted by Crippen LogP contribution is -2.48. The maximum absolute atomic E-state index is 12.9. The Morgan fingerprint density at radius 3 is 2.45 bits per heavy atom. The Balaban J connectivity index is 1.55. The summed E-state index contributed by atoms with van der Waals surface area (Å²) in [5.41, 5.74) is 2.06. The van der Waals surface area contributed by atoms with Gasteiger partial charge in [0.2, 0.25) is 5.91 Å². The van der Waals surface area contributed by atoms with Crippen LogP contribution in [0.25, 0.3) is 6.08 Å². The molecule has 0 aliphatic carbocycles. The number of thiophene rings is 1. The number of hydrogen-bond acceptors (Lipinski definition) is 3. The molecule has 0 spiro atoms. The average Bonchev–Trinajstić information content (AvgIpc) is 3.07. The third kappa shape index (κ3) is 3.54. The zero-order chi connectivity index (χ0) is 15.4. The summed E-state index contributed by atoms with van der Waals surface area (Å²) in [5, 5.41) is 4.00. The fraction of sp³-hybridized carbons (Fsp3) is 0.235. The maximum Gasteiger partial charge on any atom is 0.246 e. The van der Waals surface area contributed by atoms with E-state index < -0.39 is 0 Å². The number of nitrogens with zero attached hydrogens (tertiary/aromatic N) is 2. The molecular formula is C17H17FN2OS. The van der Waals surface area contributed by atoms with Gasteiger partial charge in [-0.2, -0.15) is 11.3 Å². The van der Waals surface area contributed by atoms with Crippen LogP contribution in [0, 0.1) is 5.82 Å². The summed E-state index contributed by atoms with van der Waals surface area (Å²) in [6.07, 6.45) is 3.49. The molecule has 1 aromatic carbocycles. The molecule has 0 saturated carbocycles. The quantitative estimate of drug-likeness (QED) is 0.812. The Kier molecular flexibility index (Phi) is 4.53. The molecule has 1 fully saturated rings. The van der Waals surface area contributed by atoms with Crippen molar-refractivity contribution >= 4 is 29.0 Å². The summed E-state index contributed by atoms with van der Waals surface area (Å²) >= 11 is 1.62. The molecule has 2 aromatic rings. The molecule has 1 saturated heterocycles. The topological polar surface area (TPSA) is 23.6 Å². The molecule has 1 aliphatic rings. The van der Waals surface area contributed by atoms with Crippen molar-refractivity contribution in [3.63, 3.8) is 0 Å². The van der Waals surface area contributed by atoms with Gasteiger partial charge in [-0.25, -0.2) is 4.39 Å². The highest BCUT2D eigenvalue weighted by molar-refractivity contribution is 7.08. The molecule has 0 radical (unpaired) electrons. The standard InChI is InChI=1S/C17H17FN2OS/c18-15-2-4-16(5-3-15)19-8-10-20(11-9-19)17(21)6-1-14-7-12-22-13-14/h1-7,12-13H,8-11H2/b6-1+. The van der Waals surface area contributed by atoms with E-state index in [-0.39, 0.29) is 11.7 Å². The van der Waals surface area contributed by atoms with Crippen LogP contribution < -0.4 is 4.90 Å². The Hall–Kier alpha value is -2.14. The Morgan fingerprint density at radius 2 is 1.82 bits per heavy atom. The first-order valence-corrected chi connectivity index (χ1v) is 8.16. The van der Waals surface area contributed by atoms with Crippen molar-refractivity contribution in [1.29, 1.82) is 0 Å². The number of carbonyl (C=O) groups excluding carboxylic acids is 1. The first-order valence-electron chi connectivity index (χ1n) is 7.22. The van der Waals surface area contributed by atoms with Crippen molar-refractivity contribution in [2.75, 3.05) is 31.1 Å². The number of benzene rings is 1. The van der Waals surface area contributed by atoms with Crippen molar-refractivity contribution in [3.05, 3.63) is 58.5 Å². The highest BCUT2D eigenvalue weighted by Crippen LogP contribution is 2.17. The zero-order valence-corrected chi connectivity index (χ0v) is 12.9. The normalized spacial score (nSPS) is 15.5. The number of amides is 1. The molecule has 2 heterocycles. The van der Waals surface area contributed by atoms with Gasteiger partial charge in [-0.1, -0.05) is 0 Å². The molecule has 1 aromatic heterocycles. The first kappa shape index (κ1) is 14.8. The Bertz CT molecular complexity index is 644. The number of carbonyl (C=O) groups is 1. The van der Waals surface area contributed by atoms with E-state index in [0.717, 1.165) is 24.3 Å². The Morgan fingerprint density at radius 1 is 1.09 bits per heavy atom. The summed E-state index contributed by atoms with van der Waals surface area (Å²) < 4.78 is 12.9. The van der Waals surface area contributed by atoms with E-state index in [0.29, 0.717) is 13.1 Å². The van der Waals surface area contributed by atoms with Gasteiger partial charge in [0.15, 0.2) is 0 Å². The summed E-state index contributed by atoms with van der Waals surface area (Å²) in [4.78, 5) is 16.2. The first-order chi connectivity index (χ1) is 10.7. The van der Waals surface area contributed by atoms with Crippen molar-refractivity contribution in [3.8, 4) is 0 Å². The van der Waals surface area contributed by atoms with E-state index in [1.807, 2.05) is 27.8 Å². The van der Waals surface area contributed by atoms with E-state index in [1.165, 1.54) is 12.1 Å². The second-order valence-corrected chi connectivity index (χ2v) is 5.96. The highest BCUT2D eigenvalue weighted by Gasteiger charge is 2.19. The van der Waals surface area contributed by atoms with Crippen molar-refractivity contribution in [2.24, 2.45) is 0 Å². The van der Waals surface area contributed by atoms with Crippen molar-refractivity contribution in [2.45, 2.75) is 0 Å². The number of anilines is 1. The second kappa shape index (κ2) is 6.75. The number of rotatable bonds is 3. The van der Waals surface area contributed by atoms with Gasteiger partial charge in [-0.15, -0.1) is 0 Å². The predicted molar refractivity (Wildman–Crippen MR) is 88.5 cm³/mol. The predicted octanol–water partition coefficient (Wildman–Crippen LogP) is 3.25. The van der Waals surface area contributed by atoms with Crippen LogP contribution in [0.15, 0.2) is 47.2 Å². The molecular weight excluding hydrogens is 299 g/mol. The summed E-state index contributed by atoms with van der Waals surface area (Å²) in [5.74, 6) is -0.180. The molecule has 3 nitrogen and oxygen atoms in total. The lowest BCUT2D eigenvalue weighted by molar-refractivity contribution is -0.126. The van der Waals surface area contributed by atoms with Gasteiger partial charge in [-0.05, 0) is 52.7 Å². The van der Waals surface area contributed by atoms with Gasteiger partial charge in [-0.3, -0.25) is 4.79 Å². The number of halogens is 1. The number of piperazine rings is 1. The van der Waals surface area contributed by atoms with E-state index in [4.69, 9.17) is 0 Å². The minimum Gasteiger partial charge on any atom is -0.368 e. The number of hydrogen-bond donors (Lipinski definition) is 0. The fourth-order valence-corrected chi connectivity index (χ4v) is 3.11. The minimum atomic E-state index is -0.226. The molecule has 0 atom stereocenters. The SMILES string of the molecule is O=C(/C=C/c1ccsc1)N1CCN(c2ccc(F)cc2)CC1. The molecule has 22 heavy (non-hydrogen) atoms. The van der Waals surface area contributed by atoms with E-state index in [1.54, 1.807) is 29.5 Å². The van der Waals surface area contributed by atoms with Crippen LogP contribution in [0.4, 0.5) is 10.1 Å². The zero-order valence-electron chi connectivity index (χ0n) is 12.1. The van der Waals surface area contributed by atoms with Gasteiger partial charge < -0.3 is 9.80 Å². The fourth-order valence-electron chi connectivity index (χ4n) is 2.48. The van der Waals surface area contributed by atoms with Crippen LogP contribution in [0.5, 0.6) is 0 Å². The van der Waals surface area contributed by atoms with Crippen LogP contribution in [-0.4, -0.2) is 37.0 Å². The smallest absolute Gasteiger partial charge is 0.246 e. The monoisotopic (exact) mass is 316 g/mol. The van der Waals surface area contributed by atoms with E-state index >= 15 is 0 Å². The van der Waals surface area contributed by atoms with Gasteiger partial charge in [0.1, 0.15) is 5.82 Å². The third-order valence-corrected chi connectivity index (χ3v) is 4.45. The van der Waals surface area contributed by atoms with Gasteiger partial charge >= 0.3 is 0 Å². The lowest BCUT2D eigenvalue weighted by atomic mass is 10.2. The maximum atomic E-state index is 12.9. The summed E-state index contributed by atoms with van der Waals surface area (Å²) in [7, 11) is 0. The van der Waals surface area contributed by atoms with Crippen LogP contribution in [0.3, 0.4) is 0 Å². The molecule has 1 aliphatic heterocycles. The molecule has 114 valence electrons. The molecule has 0 unspecified atom stereocenters. The van der Waals surface area contributed by atoms with Crippen LogP contribution >= 0.6 is 11.3 Å². The van der Waals surface area contributed by atoms with Crippen LogP contribution in [0.1, 0.15) is 5.56 Å². The van der Waals surface area contributed by atoms with Crippen molar-refractivity contribution in [1.82, 2.24) is 4.90 Å². The van der Waals surface area contributed by atoms with E-state index in [2.05, 4.69) is 4.90 Å². The average molecular weight is 316 g/mol. The second-order valence-electron chi connectivity index (χ2n) is 5.18. The minimum absolute atomic E-state index is 0.0463. The van der Waals surface area contributed by atoms with Gasteiger partial charge in [0, 0.05) is 37.9 Å². The Labute approximate surface area is 133 Å². The third-order valence-electron chi connectivity index (χ3n) is 3.74. The largest absolute Gasteiger partial charge is 0.368 e. The highest BCUT2D eigenvalue weighted by atomic mass is 32.1. The molecule has 5 heteroatoms. The summed E-state index contributed by atoms with van der Waals surface area (Å²) in [6.45, 7) is 2.90. The van der Waals surface area contributed by atoms with Crippen molar-refractivity contribution < 1.29 is 9.18 Å². The molecule has 0 N–H and O–H groups in total. The van der Waals surface area contributed by atoms with Gasteiger partial charge in [0.25, 0.3) is 0 Å². The molecule has 0 bridgehead atoms. The lowest BCUT2D eigenvalue weighted by Gasteiger charge is -2.35. The molecule has 3 rings (SSSR count). The van der Waals surface area contributed by atoms with Crippen LogP contribution in [-0.2, 0) is 4.79 Å². The van der Waals surface area contributed by atoms with Gasteiger partial charge in [0.05, 0.1) is 0 Å². The summed E-state index contributed by atoms with van der Waals surface area (Å²) in [6, 6.07) is 8.49. The van der Waals surface area contributed by atoms with E-state index in [9.17, 15) is 9.18 Å². The molecule has 1 amide bonds. The van der Waals surface area contributed by atoms with Crippen LogP contribution in [0.2, 0.25) is 0 Å².